The van der Waals surface area contributed by atoms with Gasteiger partial charge in [0.25, 0.3) is 0 Å². The summed E-state index contributed by atoms with van der Waals surface area (Å²) in [6.45, 7) is 1.68. The molecule has 23 heavy (non-hydrogen) atoms. The van der Waals surface area contributed by atoms with Crippen LogP contribution in [0.15, 0.2) is 30.3 Å². The van der Waals surface area contributed by atoms with E-state index in [-0.39, 0.29) is 16.8 Å². The predicted octanol–water partition coefficient (Wildman–Crippen LogP) is 3.90. The molecule has 2 heterocycles. The first-order chi connectivity index (χ1) is 10.8. The van der Waals surface area contributed by atoms with Gasteiger partial charge in [-0.25, -0.2) is 9.37 Å². The van der Waals surface area contributed by atoms with Gasteiger partial charge in [-0.2, -0.15) is 22.8 Å². The van der Waals surface area contributed by atoms with Crippen LogP contribution < -0.4 is 5.32 Å². The molecule has 0 aliphatic rings. The Morgan fingerprint density at radius 2 is 1.78 bits per heavy atom. The molecule has 8 heteroatoms. The van der Waals surface area contributed by atoms with E-state index in [1.54, 1.807) is 20.0 Å². The van der Waals surface area contributed by atoms with E-state index < -0.39 is 17.7 Å². The molecule has 3 rings (SSSR count). The van der Waals surface area contributed by atoms with E-state index in [9.17, 15) is 17.6 Å². The fourth-order valence-electron chi connectivity index (χ4n) is 2.40. The molecule has 0 aliphatic carbocycles. The highest BCUT2D eigenvalue weighted by molar-refractivity contribution is 5.81. The molecule has 3 aromatic rings. The summed E-state index contributed by atoms with van der Waals surface area (Å²) in [7, 11) is 1.58. The zero-order valence-corrected chi connectivity index (χ0v) is 12.2. The molecule has 0 spiro atoms. The Labute approximate surface area is 128 Å². The number of anilines is 1. The number of halogens is 4. The molecule has 1 aromatic carbocycles. The van der Waals surface area contributed by atoms with Crippen molar-refractivity contribution in [3.05, 3.63) is 47.5 Å². The third-order valence-electron chi connectivity index (χ3n) is 3.37. The van der Waals surface area contributed by atoms with Gasteiger partial charge in [0.2, 0.25) is 0 Å². The Bertz CT molecular complexity index is 866. The van der Waals surface area contributed by atoms with Crippen molar-refractivity contribution in [2.24, 2.45) is 0 Å². The number of benzene rings is 1. The zero-order chi connectivity index (χ0) is 16.8. The highest BCUT2D eigenvalue weighted by atomic mass is 19.4. The van der Waals surface area contributed by atoms with Gasteiger partial charge in [0.05, 0.1) is 5.56 Å². The minimum atomic E-state index is -4.66. The van der Waals surface area contributed by atoms with Gasteiger partial charge < -0.3 is 5.32 Å². The number of aryl methyl sites for hydroxylation is 1. The summed E-state index contributed by atoms with van der Waals surface area (Å²) in [4.78, 5) is 4.18. The summed E-state index contributed by atoms with van der Waals surface area (Å²) in [6.07, 6.45) is -4.66. The van der Waals surface area contributed by atoms with Gasteiger partial charge in [-0.15, -0.1) is 0 Å². The predicted molar refractivity (Wildman–Crippen MR) is 77.7 cm³/mol. The number of aromatic nitrogens is 3. The first kappa shape index (κ1) is 15.3. The number of alkyl halides is 3. The van der Waals surface area contributed by atoms with Gasteiger partial charge in [0, 0.05) is 18.8 Å². The van der Waals surface area contributed by atoms with Crippen LogP contribution in [0.5, 0.6) is 0 Å². The normalized spacial score (nSPS) is 11.9. The Balaban J connectivity index is 2.41. The molecule has 0 fully saturated rings. The van der Waals surface area contributed by atoms with Crippen LogP contribution in [0.25, 0.3) is 16.8 Å². The molecule has 0 aliphatic heterocycles. The van der Waals surface area contributed by atoms with Crippen LogP contribution in [0.2, 0.25) is 0 Å². The van der Waals surface area contributed by atoms with Gasteiger partial charge in [-0.1, -0.05) is 12.1 Å². The zero-order valence-electron chi connectivity index (χ0n) is 12.2. The summed E-state index contributed by atoms with van der Waals surface area (Å²) >= 11 is 0. The molecular weight excluding hydrogens is 312 g/mol. The van der Waals surface area contributed by atoms with Crippen LogP contribution in [-0.2, 0) is 6.18 Å². The number of rotatable bonds is 2. The standard InChI is InChI=1S/C15H12F4N4/c1-8-7-11(20-2)23-14(21-8)12(13(22-23)15(17,18)19)9-3-5-10(16)6-4-9/h3-7,20H,1-2H3. The van der Waals surface area contributed by atoms with Gasteiger partial charge >= 0.3 is 6.18 Å². The van der Waals surface area contributed by atoms with E-state index in [1.165, 1.54) is 12.1 Å². The fourth-order valence-corrected chi connectivity index (χ4v) is 2.40. The Morgan fingerprint density at radius 3 is 2.35 bits per heavy atom. The molecule has 0 saturated carbocycles. The molecule has 0 bridgehead atoms. The van der Waals surface area contributed by atoms with Crippen molar-refractivity contribution >= 4 is 11.5 Å². The van der Waals surface area contributed by atoms with Crippen molar-refractivity contribution < 1.29 is 17.6 Å². The van der Waals surface area contributed by atoms with Crippen LogP contribution in [-0.4, -0.2) is 21.6 Å². The van der Waals surface area contributed by atoms with E-state index in [2.05, 4.69) is 15.4 Å². The molecular formula is C15H12F4N4. The van der Waals surface area contributed by atoms with Crippen molar-refractivity contribution in [3.8, 4) is 11.1 Å². The topological polar surface area (TPSA) is 42.2 Å². The van der Waals surface area contributed by atoms with Gasteiger partial charge in [0.15, 0.2) is 11.3 Å². The highest BCUT2D eigenvalue weighted by Crippen LogP contribution is 2.39. The number of hydrogen-bond acceptors (Lipinski definition) is 3. The molecule has 1 N–H and O–H groups in total. The second-order valence-electron chi connectivity index (χ2n) is 5.00. The summed E-state index contributed by atoms with van der Waals surface area (Å²) in [6, 6.07) is 6.37. The lowest BCUT2D eigenvalue weighted by Gasteiger charge is -2.07. The summed E-state index contributed by atoms with van der Waals surface area (Å²) in [5.74, 6) is -0.148. The molecule has 0 amide bonds. The third kappa shape index (κ3) is 2.60. The SMILES string of the molecule is CNc1cc(C)nc2c(-c3ccc(F)cc3)c(C(F)(F)F)nn12. The summed E-state index contributed by atoms with van der Waals surface area (Å²) < 4.78 is 54.4. The van der Waals surface area contributed by atoms with E-state index >= 15 is 0 Å². The van der Waals surface area contributed by atoms with Crippen LogP contribution in [0, 0.1) is 12.7 Å². The van der Waals surface area contributed by atoms with Crippen molar-refractivity contribution in [1.29, 1.82) is 0 Å². The quantitative estimate of drug-likeness (QED) is 0.727. The Hall–Kier alpha value is -2.64. The minimum Gasteiger partial charge on any atom is -0.373 e. The lowest BCUT2D eigenvalue weighted by Crippen LogP contribution is -2.08. The highest BCUT2D eigenvalue weighted by Gasteiger charge is 2.39. The van der Waals surface area contributed by atoms with Crippen LogP contribution >= 0.6 is 0 Å². The van der Waals surface area contributed by atoms with Crippen molar-refractivity contribution in [1.82, 2.24) is 14.6 Å². The molecule has 0 saturated heterocycles. The summed E-state index contributed by atoms with van der Waals surface area (Å²) in [5, 5.41) is 6.46. The van der Waals surface area contributed by atoms with E-state index in [4.69, 9.17) is 0 Å². The largest absolute Gasteiger partial charge is 0.435 e. The maximum atomic E-state index is 13.4. The molecule has 0 unspecified atom stereocenters. The van der Waals surface area contributed by atoms with Gasteiger partial charge in [-0.05, 0) is 24.6 Å². The van der Waals surface area contributed by atoms with Crippen molar-refractivity contribution in [2.75, 3.05) is 12.4 Å². The van der Waals surface area contributed by atoms with Crippen LogP contribution in [0.1, 0.15) is 11.4 Å². The number of nitrogens with zero attached hydrogens (tertiary/aromatic N) is 3. The first-order valence-corrected chi connectivity index (χ1v) is 6.72. The second-order valence-corrected chi connectivity index (χ2v) is 5.00. The molecule has 120 valence electrons. The lowest BCUT2D eigenvalue weighted by atomic mass is 10.1. The number of nitrogens with one attached hydrogen (secondary N) is 1. The van der Waals surface area contributed by atoms with Crippen LogP contribution in [0.3, 0.4) is 0 Å². The van der Waals surface area contributed by atoms with Gasteiger partial charge in [-0.3, -0.25) is 0 Å². The van der Waals surface area contributed by atoms with Crippen molar-refractivity contribution in [3.63, 3.8) is 0 Å². The Kier molecular flexibility index (Phi) is 3.46. The van der Waals surface area contributed by atoms with Gasteiger partial charge in [0.1, 0.15) is 11.6 Å². The van der Waals surface area contributed by atoms with E-state index in [1.807, 2.05) is 0 Å². The molecule has 0 atom stereocenters. The Morgan fingerprint density at radius 1 is 1.13 bits per heavy atom. The van der Waals surface area contributed by atoms with E-state index in [0.717, 1.165) is 16.6 Å². The lowest BCUT2D eigenvalue weighted by molar-refractivity contribution is -0.140. The number of hydrogen-bond donors (Lipinski definition) is 1. The minimum absolute atomic E-state index is 0.0632. The van der Waals surface area contributed by atoms with E-state index in [0.29, 0.717) is 11.5 Å². The molecule has 0 radical (unpaired) electrons. The number of fused-ring (bicyclic) bond motifs is 1. The third-order valence-corrected chi connectivity index (χ3v) is 3.37. The first-order valence-electron chi connectivity index (χ1n) is 6.72. The molecule has 2 aromatic heterocycles. The second kappa shape index (κ2) is 5.22. The fraction of sp³-hybridized carbons (Fsp3) is 0.200. The maximum absolute atomic E-state index is 13.4. The summed E-state index contributed by atoms with van der Waals surface area (Å²) in [5.41, 5.74) is -0.419. The van der Waals surface area contributed by atoms with Crippen molar-refractivity contribution in [2.45, 2.75) is 13.1 Å². The monoisotopic (exact) mass is 324 g/mol. The average molecular weight is 324 g/mol. The smallest absolute Gasteiger partial charge is 0.373 e. The average Bonchev–Trinajstić information content (AvgIpc) is 2.86. The maximum Gasteiger partial charge on any atom is 0.435 e. The molecule has 4 nitrogen and oxygen atoms in total. The van der Waals surface area contributed by atoms with Crippen LogP contribution in [0.4, 0.5) is 23.4 Å².